The van der Waals surface area contributed by atoms with Gasteiger partial charge in [-0.2, -0.15) is 0 Å². The van der Waals surface area contributed by atoms with Crippen LogP contribution in [-0.4, -0.2) is 19.3 Å². The van der Waals surface area contributed by atoms with Crippen molar-refractivity contribution in [3.8, 4) is 5.69 Å². The topological polar surface area (TPSA) is 47.7 Å². The lowest BCUT2D eigenvalue weighted by atomic mass is 10.2. The van der Waals surface area contributed by atoms with Crippen LogP contribution in [0.25, 0.3) is 5.69 Å². The van der Waals surface area contributed by atoms with Crippen molar-refractivity contribution >= 4 is 5.69 Å². The molecule has 2 aromatic heterocycles. The van der Waals surface area contributed by atoms with Crippen LogP contribution in [-0.2, 0) is 13.6 Å². The third-order valence-corrected chi connectivity index (χ3v) is 2.95. The lowest BCUT2D eigenvalue weighted by Gasteiger charge is -2.07. The highest BCUT2D eigenvalue weighted by Crippen LogP contribution is 2.15. The summed E-state index contributed by atoms with van der Waals surface area (Å²) in [7, 11) is 2.02. The molecule has 0 saturated heterocycles. The van der Waals surface area contributed by atoms with Gasteiger partial charge in [-0.15, -0.1) is 10.2 Å². The summed E-state index contributed by atoms with van der Waals surface area (Å²) in [6.45, 7) is 0.812. The number of nitrogens with one attached hydrogen (secondary N) is 1. The first-order valence-electron chi connectivity index (χ1n) is 6.11. The molecule has 0 bridgehead atoms. The summed E-state index contributed by atoms with van der Waals surface area (Å²) >= 11 is 0. The molecule has 5 nitrogen and oxygen atoms in total. The molecule has 0 spiro atoms. The van der Waals surface area contributed by atoms with Crippen LogP contribution in [0, 0.1) is 0 Å². The summed E-state index contributed by atoms with van der Waals surface area (Å²) in [6.07, 6.45) is 7.54. The number of benzene rings is 1. The van der Waals surface area contributed by atoms with Crippen LogP contribution in [0.15, 0.2) is 55.4 Å². The lowest BCUT2D eigenvalue weighted by Crippen LogP contribution is -1.99. The highest BCUT2D eigenvalue weighted by molar-refractivity contribution is 5.51. The molecule has 5 heteroatoms. The minimum absolute atomic E-state index is 0.812. The third kappa shape index (κ3) is 2.65. The predicted octanol–water partition coefficient (Wildman–Crippen LogP) is 2.22. The van der Waals surface area contributed by atoms with Gasteiger partial charge in [0, 0.05) is 31.7 Å². The van der Waals surface area contributed by atoms with Crippen molar-refractivity contribution in [2.75, 3.05) is 5.32 Å². The molecule has 0 radical (unpaired) electrons. The molecule has 0 atom stereocenters. The zero-order valence-electron chi connectivity index (χ0n) is 10.7. The van der Waals surface area contributed by atoms with E-state index in [-0.39, 0.29) is 0 Å². The summed E-state index contributed by atoms with van der Waals surface area (Å²) in [5.41, 5.74) is 3.38. The van der Waals surface area contributed by atoms with Gasteiger partial charge >= 0.3 is 0 Å². The quantitative estimate of drug-likeness (QED) is 0.775. The first kappa shape index (κ1) is 11.5. The van der Waals surface area contributed by atoms with Gasteiger partial charge < -0.3 is 9.88 Å². The maximum atomic E-state index is 3.81. The van der Waals surface area contributed by atoms with Crippen molar-refractivity contribution in [1.82, 2.24) is 19.3 Å². The Morgan fingerprint density at radius 2 is 2.00 bits per heavy atom. The average molecular weight is 253 g/mol. The fraction of sp³-hybridized carbons (Fsp3) is 0.143. The highest BCUT2D eigenvalue weighted by Gasteiger charge is 1.99. The largest absolute Gasteiger partial charge is 0.381 e. The molecule has 1 N–H and O–H groups in total. The first-order valence-corrected chi connectivity index (χ1v) is 6.11. The fourth-order valence-electron chi connectivity index (χ4n) is 1.98. The standard InChI is InChI=1S/C14H15N5/c1-18-6-5-12(9-18)8-15-13-3-2-4-14(7-13)19-10-16-17-11-19/h2-7,9-11,15H,8H2,1H3. The second kappa shape index (κ2) is 4.97. The second-order valence-corrected chi connectivity index (χ2v) is 4.46. The van der Waals surface area contributed by atoms with Crippen molar-refractivity contribution in [1.29, 1.82) is 0 Å². The third-order valence-electron chi connectivity index (χ3n) is 2.95. The van der Waals surface area contributed by atoms with Crippen LogP contribution >= 0.6 is 0 Å². The minimum Gasteiger partial charge on any atom is -0.381 e. The van der Waals surface area contributed by atoms with E-state index >= 15 is 0 Å². The van der Waals surface area contributed by atoms with Crippen molar-refractivity contribution in [2.24, 2.45) is 7.05 Å². The number of anilines is 1. The number of hydrogen-bond acceptors (Lipinski definition) is 3. The van der Waals surface area contributed by atoms with E-state index in [4.69, 9.17) is 0 Å². The number of hydrogen-bond donors (Lipinski definition) is 1. The van der Waals surface area contributed by atoms with Crippen LogP contribution < -0.4 is 5.32 Å². The van der Waals surface area contributed by atoms with Crippen LogP contribution in [0.5, 0.6) is 0 Å². The summed E-state index contributed by atoms with van der Waals surface area (Å²) in [4.78, 5) is 0. The summed E-state index contributed by atoms with van der Waals surface area (Å²) < 4.78 is 3.93. The summed E-state index contributed by atoms with van der Waals surface area (Å²) in [6, 6.07) is 10.3. The van der Waals surface area contributed by atoms with Crippen molar-refractivity contribution in [3.05, 3.63) is 60.9 Å². The number of rotatable bonds is 4. The van der Waals surface area contributed by atoms with E-state index < -0.39 is 0 Å². The van der Waals surface area contributed by atoms with E-state index in [0.29, 0.717) is 0 Å². The molecule has 0 unspecified atom stereocenters. The SMILES string of the molecule is Cn1ccc(CNc2cccc(-n3cnnc3)c2)c1. The van der Waals surface area contributed by atoms with Gasteiger partial charge in [0.2, 0.25) is 0 Å². The minimum atomic E-state index is 0.812. The zero-order chi connectivity index (χ0) is 13.1. The van der Waals surface area contributed by atoms with Crippen LogP contribution in [0.1, 0.15) is 5.56 Å². The Morgan fingerprint density at radius 3 is 2.74 bits per heavy atom. The first-order chi connectivity index (χ1) is 9.31. The molecular formula is C14H15N5. The van der Waals surface area contributed by atoms with Gasteiger partial charge in [-0.3, -0.25) is 4.57 Å². The smallest absolute Gasteiger partial charge is 0.123 e. The Hall–Kier alpha value is -2.56. The Bertz CT molecular complexity index is 654. The normalized spacial score (nSPS) is 10.6. The lowest BCUT2D eigenvalue weighted by molar-refractivity contribution is 0.920. The molecule has 0 aliphatic rings. The van der Waals surface area contributed by atoms with E-state index in [1.165, 1.54) is 5.56 Å². The number of nitrogens with zero attached hydrogens (tertiary/aromatic N) is 4. The Morgan fingerprint density at radius 1 is 1.16 bits per heavy atom. The van der Waals surface area contributed by atoms with Gasteiger partial charge in [0.1, 0.15) is 12.7 Å². The van der Waals surface area contributed by atoms with E-state index in [0.717, 1.165) is 17.9 Å². The number of aryl methyl sites for hydroxylation is 1. The van der Waals surface area contributed by atoms with E-state index in [1.807, 2.05) is 34.5 Å². The molecule has 19 heavy (non-hydrogen) atoms. The molecule has 0 aliphatic heterocycles. The molecule has 2 heterocycles. The Labute approximate surface area is 111 Å². The fourth-order valence-corrected chi connectivity index (χ4v) is 1.98. The molecule has 96 valence electrons. The van der Waals surface area contributed by atoms with Crippen LogP contribution in [0.4, 0.5) is 5.69 Å². The van der Waals surface area contributed by atoms with E-state index in [2.05, 4.69) is 39.9 Å². The Kier molecular flexibility index (Phi) is 3.02. The van der Waals surface area contributed by atoms with Gasteiger partial charge in [0.15, 0.2) is 0 Å². The molecule has 3 aromatic rings. The van der Waals surface area contributed by atoms with Gasteiger partial charge in [-0.25, -0.2) is 0 Å². The summed E-state index contributed by atoms with van der Waals surface area (Å²) in [5, 5.41) is 11.0. The monoisotopic (exact) mass is 253 g/mol. The van der Waals surface area contributed by atoms with Gasteiger partial charge in [-0.05, 0) is 29.8 Å². The molecule has 0 saturated carbocycles. The highest BCUT2D eigenvalue weighted by atomic mass is 15.2. The van der Waals surface area contributed by atoms with Crippen LogP contribution in [0.2, 0.25) is 0 Å². The molecule has 0 fully saturated rings. The summed E-state index contributed by atoms with van der Waals surface area (Å²) in [5.74, 6) is 0. The molecule has 3 rings (SSSR count). The molecule has 1 aromatic carbocycles. The molecule has 0 amide bonds. The van der Waals surface area contributed by atoms with Crippen molar-refractivity contribution in [3.63, 3.8) is 0 Å². The average Bonchev–Trinajstić information content (AvgIpc) is 3.08. The predicted molar refractivity (Wildman–Crippen MR) is 74.1 cm³/mol. The van der Waals surface area contributed by atoms with Gasteiger partial charge in [0.05, 0.1) is 5.69 Å². The number of aromatic nitrogens is 4. The Balaban J connectivity index is 1.73. The van der Waals surface area contributed by atoms with Crippen molar-refractivity contribution < 1.29 is 0 Å². The maximum Gasteiger partial charge on any atom is 0.123 e. The second-order valence-electron chi connectivity index (χ2n) is 4.46. The van der Waals surface area contributed by atoms with E-state index in [1.54, 1.807) is 12.7 Å². The van der Waals surface area contributed by atoms with Crippen molar-refractivity contribution in [2.45, 2.75) is 6.54 Å². The maximum absolute atomic E-state index is 3.81. The van der Waals surface area contributed by atoms with E-state index in [9.17, 15) is 0 Å². The molecule has 0 aliphatic carbocycles. The van der Waals surface area contributed by atoms with Gasteiger partial charge in [-0.1, -0.05) is 6.07 Å². The molecular weight excluding hydrogens is 238 g/mol. The van der Waals surface area contributed by atoms with Crippen LogP contribution in [0.3, 0.4) is 0 Å². The zero-order valence-corrected chi connectivity index (χ0v) is 10.7. The van der Waals surface area contributed by atoms with Gasteiger partial charge in [0.25, 0.3) is 0 Å².